The zero-order valence-corrected chi connectivity index (χ0v) is 14.1. The largest absolute Gasteiger partial charge is 0.372 e. The summed E-state index contributed by atoms with van der Waals surface area (Å²) in [6, 6.07) is 9.71. The minimum absolute atomic E-state index is 0.593. The number of benzene rings is 1. The Labute approximate surface area is 130 Å². The zero-order valence-electron chi connectivity index (χ0n) is 14.1. The molecule has 0 radical (unpaired) electrons. The third kappa shape index (κ3) is 4.13. The summed E-state index contributed by atoms with van der Waals surface area (Å²) < 4.78 is 0. The number of nitrogens with zero attached hydrogens (tertiary/aromatic N) is 2. The number of anilines is 2. The van der Waals surface area contributed by atoms with E-state index in [9.17, 15) is 0 Å². The Balaban J connectivity index is 2.09. The van der Waals surface area contributed by atoms with E-state index in [1.165, 1.54) is 17.8 Å². The van der Waals surface area contributed by atoms with Crippen molar-refractivity contribution in [3.05, 3.63) is 24.3 Å². The van der Waals surface area contributed by atoms with Gasteiger partial charge < -0.3 is 15.1 Å². The third-order valence-electron chi connectivity index (χ3n) is 4.58. The molecule has 2 rings (SSSR count). The standard InChI is InChI=1S/C18H31N3/c1-5-20(6-2)16-8-10-17(11-9-16)21-13-7-12-19-18(14-21)15(3)4/h8-11,15,18-19H,5-7,12-14H2,1-4H3. The maximum absolute atomic E-state index is 3.68. The fourth-order valence-electron chi connectivity index (χ4n) is 3.09. The van der Waals surface area contributed by atoms with Crippen molar-refractivity contribution in [1.82, 2.24) is 5.32 Å². The quantitative estimate of drug-likeness (QED) is 0.897. The molecule has 1 heterocycles. The summed E-state index contributed by atoms with van der Waals surface area (Å²) in [5.41, 5.74) is 2.69. The summed E-state index contributed by atoms with van der Waals surface area (Å²) in [7, 11) is 0. The first-order chi connectivity index (χ1) is 10.2. The average Bonchev–Trinajstić information content (AvgIpc) is 2.75. The van der Waals surface area contributed by atoms with E-state index >= 15 is 0 Å². The van der Waals surface area contributed by atoms with Crippen molar-refractivity contribution >= 4 is 11.4 Å². The molecule has 0 bridgehead atoms. The summed E-state index contributed by atoms with van der Waals surface area (Å²) in [6.45, 7) is 14.6. The van der Waals surface area contributed by atoms with E-state index in [0.717, 1.165) is 32.7 Å². The molecule has 0 spiro atoms. The summed E-state index contributed by atoms with van der Waals surface area (Å²) in [5, 5.41) is 3.68. The van der Waals surface area contributed by atoms with E-state index in [1.54, 1.807) is 0 Å². The van der Waals surface area contributed by atoms with Crippen LogP contribution in [0.4, 0.5) is 11.4 Å². The number of hydrogen-bond acceptors (Lipinski definition) is 3. The SMILES string of the molecule is CCN(CC)c1ccc(N2CCCNC(C(C)C)C2)cc1. The van der Waals surface area contributed by atoms with Crippen LogP contribution in [-0.4, -0.2) is 38.8 Å². The van der Waals surface area contributed by atoms with Gasteiger partial charge in [-0.2, -0.15) is 0 Å². The molecular formula is C18H31N3. The smallest absolute Gasteiger partial charge is 0.0368 e. The van der Waals surface area contributed by atoms with E-state index in [0.29, 0.717) is 12.0 Å². The Morgan fingerprint density at radius 1 is 1.19 bits per heavy atom. The summed E-state index contributed by atoms with van der Waals surface area (Å²) in [6.07, 6.45) is 1.22. The van der Waals surface area contributed by atoms with Gasteiger partial charge in [-0.05, 0) is 57.0 Å². The van der Waals surface area contributed by atoms with E-state index < -0.39 is 0 Å². The molecule has 0 aromatic heterocycles. The van der Waals surface area contributed by atoms with E-state index in [4.69, 9.17) is 0 Å². The van der Waals surface area contributed by atoms with E-state index in [-0.39, 0.29) is 0 Å². The minimum Gasteiger partial charge on any atom is -0.372 e. The maximum atomic E-state index is 3.68. The van der Waals surface area contributed by atoms with Crippen LogP contribution in [0, 0.1) is 5.92 Å². The fraction of sp³-hybridized carbons (Fsp3) is 0.667. The molecule has 3 heteroatoms. The molecule has 21 heavy (non-hydrogen) atoms. The van der Waals surface area contributed by atoms with Gasteiger partial charge >= 0.3 is 0 Å². The first kappa shape index (κ1) is 16.2. The Kier molecular flexibility index (Phi) is 5.92. The lowest BCUT2D eigenvalue weighted by Crippen LogP contribution is -2.41. The van der Waals surface area contributed by atoms with Crippen LogP contribution in [0.5, 0.6) is 0 Å². The third-order valence-corrected chi connectivity index (χ3v) is 4.58. The highest BCUT2D eigenvalue weighted by molar-refractivity contribution is 5.56. The van der Waals surface area contributed by atoms with E-state index in [2.05, 4.69) is 67.1 Å². The zero-order chi connectivity index (χ0) is 15.2. The lowest BCUT2D eigenvalue weighted by Gasteiger charge is -2.29. The van der Waals surface area contributed by atoms with Gasteiger partial charge in [-0.3, -0.25) is 0 Å². The predicted octanol–water partition coefficient (Wildman–Crippen LogP) is 3.36. The van der Waals surface area contributed by atoms with Gasteiger partial charge in [0.2, 0.25) is 0 Å². The van der Waals surface area contributed by atoms with Gasteiger partial charge in [-0.25, -0.2) is 0 Å². The van der Waals surface area contributed by atoms with Crippen LogP contribution in [0.25, 0.3) is 0 Å². The van der Waals surface area contributed by atoms with Crippen LogP contribution in [0.2, 0.25) is 0 Å². The van der Waals surface area contributed by atoms with Crippen LogP contribution in [0.15, 0.2) is 24.3 Å². The molecule has 1 atom stereocenters. The molecule has 1 aliphatic heterocycles. The van der Waals surface area contributed by atoms with E-state index in [1.807, 2.05) is 0 Å². The lowest BCUT2D eigenvalue weighted by atomic mass is 10.0. The van der Waals surface area contributed by atoms with Gasteiger partial charge in [0, 0.05) is 43.6 Å². The Morgan fingerprint density at radius 3 is 2.43 bits per heavy atom. The van der Waals surface area contributed by atoms with Gasteiger partial charge in [-0.15, -0.1) is 0 Å². The van der Waals surface area contributed by atoms with Crippen molar-refractivity contribution in [2.24, 2.45) is 5.92 Å². The second kappa shape index (κ2) is 7.69. The minimum atomic E-state index is 0.593. The topological polar surface area (TPSA) is 18.5 Å². The van der Waals surface area contributed by atoms with Gasteiger partial charge in [0.25, 0.3) is 0 Å². The molecule has 1 fully saturated rings. The number of rotatable bonds is 5. The first-order valence-corrected chi connectivity index (χ1v) is 8.49. The molecule has 1 aromatic rings. The van der Waals surface area contributed by atoms with Crippen molar-refractivity contribution in [2.75, 3.05) is 42.5 Å². The Bertz CT molecular complexity index is 409. The molecule has 0 amide bonds. The van der Waals surface area contributed by atoms with Gasteiger partial charge in [0.15, 0.2) is 0 Å². The van der Waals surface area contributed by atoms with Crippen molar-refractivity contribution in [1.29, 1.82) is 0 Å². The molecule has 3 nitrogen and oxygen atoms in total. The maximum Gasteiger partial charge on any atom is 0.0368 e. The first-order valence-electron chi connectivity index (χ1n) is 8.49. The highest BCUT2D eigenvalue weighted by atomic mass is 15.2. The van der Waals surface area contributed by atoms with Crippen LogP contribution >= 0.6 is 0 Å². The van der Waals surface area contributed by atoms with Crippen molar-refractivity contribution in [3.8, 4) is 0 Å². The molecule has 1 aliphatic rings. The van der Waals surface area contributed by atoms with Crippen LogP contribution < -0.4 is 15.1 Å². The molecular weight excluding hydrogens is 258 g/mol. The highest BCUT2D eigenvalue weighted by Crippen LogP contribution is 2.22. The van der Waals surface area contributed by atoms with Crippen molar-refractivity contribution in [3.63, 3.8) is 0 Å². The lowest BCUT2D eigenvalue weighted by molar-refractivity contribution is 0.420. The molecule has 1 unspecified atom stereocenters. The number of hydrogen-bond donors (Lipinski definition) is 1. The normalized spacial score (nSPS) is 19.7. The van der Waals surface area contributed by atoms with Crippen LogP contribution in [0.1, 0.15) is 34.1 Å². The molecule has 0 saturated carbocycles. The molecule has 0 aliphatic carbocycles. The van der Waals surface area contributed by atoms with Crippen LogP contribution in [0.3, 0.4) is 0 Å². The summed E-state index contributed by atoms with van der Waals surface area (Å²) >= 11 is 0. The molecule has 1 aromatic carbocycles. The fourth-order valence-corrected chi connectivity index (χ4v) is 3.09. The molecule has 118 valence electrons. The van der Waals surface area contributed by atoms with Crippen molar-refractivity contribution in [2.45, 2.75) is 40.2 Å². The average molecular weight is 289 g/mol. The summed E-state index contributed by atoms with van der Waals surface area (Å²) in [4.78, 5) is 4.93. The monoisotopic (exact) mass is 289 g/mol. The second-order valence-electron chi connectivity index (χ2n) is 6.29. The van der Waals surface area contributed by atoms with Gasteiger partial charge in [-0.1, -0.05) is 13.8 Å². The van der Waals surface area contributed by atoms with Crippen molar-refractivity contribution < 1.29 is 0 Å². The summed E-state index contributed by atoms with van der Waals surface area (Å²) in [5.74, 6) is 0.681. The predicted molar refractivity (Wildman–Crippen MR) is 93.5 cm³/mol. The Hall–Kier alpha value is -1.22. The molecule has 1 N–H and O–H groups in total. The van der Waals surface area contributed by atoms with Crippen LogP contribution in [-0.2, 0) is 0 Å². The molecule has 1 saturated heterocycles. The second-order valence-corrected chi connectivity index (χ2v) is 6.29. The van der Waals surface area contributed by atoms with Gasteiger partial charge in [0.05, 0.1) is 0 Å². The highest BCUT2D eigenvalue weighted by Gasteiger charge is 2.20. The number of nitrogens with one attached hydrogen (secondary N) is 1. The van der Waals surface area contributed by atoms with Gasteiger partial charge in [0.1, 0.15) is 0 Å². The Morgan fingerprint density at radius 2 is 1.86 bits per heavy atom.